The third kappa shape index (κ3) is 5.99. The van der Waals surface area contributed by atoms with E-state index in [2.05, 4.69) is 26.3 Å². The van der Waals surface area contributed by atoms with E-state index in [1.807, 2.05) is 24.4 Å². The van der Waals surface area contributed by atoms with Gasteiger partial charge in [0, 0.05) is 24.3 Å². The maximum Gasteiger partial charge on any atom is 0.163 e. The molecule has 1 aliphatic heterocycles. The smallest absolute Gasteiger partial charge is 0.163 e. The average Bonchev–Trinajstić information content (AvgIpc) is 3.39. The Morgan fingerprint density at radius 1 is 1.03 bits per heavy atom. The zero-order chi connectivity index (χ0) is 25.2. The van der Waals surface area contributed by atoms with Crippen LogP contribution in [0.1, 0.15) is 35.7 Å². The molecule has 5 rings (SSSR count). The number of aromatic hydroxyl groups is 1. The molecule has 2 N–H and O–H groups in total. The maximum absolute atomic E-state index is 12.5. The van der Waals surface area contributed by atoms with Crippen molar-refractivity contribution in [3.05, 3.63) is 76.2 Å². The van der Waals surface area contributed by atoms with Gasteiger partial charge in [0.05, 0.1) is 38.7 Å². The van der Waals surface area contributed by atoms with Crippen LogP contribution in [0, 0.1) is 0 Å². The highest BCUT2D eigenvalue weighted by atomic mass is 35.5. The summed E-state index contributed by atoms with van der Waals surface area (Å²) in [6.07, 6.45) is 8.73. The van der Waals surface area contributed by atoms with Crippen LogP contribution in [-0.4, -0.2) is 45.4 Å². The van der Waals surface area contributed by atoms with Gasteiger partial charge in [0.25, 0.3) is 0 Å². The van der Waals surface area contributed by atoms with Gasteiger partial charge < -0.3 is 15.3 Å². The number of hydrogen-bond donors (Lipinski definition) is 2. The summed E-state index contributed by atoms with van der Waals surface area (Å²) in [5.41, 5.74) is 5.42. The lowest BCUT2D eigenvalue weighted by molar-refractivity contribution is 0.101. The zero-order valence-corrected chi connectivity index (χ0v) is 22.6. The molecular formula is C28H27Cl3N4O2. The van der Waals surface area contributed by atoms with Crippen LogP contribution in [-0.2, 0) is 6.42 Å². The van der Waals surface area contributed by atoms with Crippen LogP contribution in [0.5, 0.6) is 5.75 Å². The lowest BCUT2D eigenvalue weighted by atomic mass is 10.00. The zero-order valence-electron chi connectivity index (χ0n) is 20.3. The summed E-state index contributed by atoms with van der Waals surface area (Å²) in [6, 6.07) is 11.1. The van der Waals surface area contributed by atoms with Crippen LogP contribution in [0.3, 0.4) is 0 Å². The van der Waals surface area contributed by atoms with E-state index in [1.165, 1.54) is 19.8 Å². The number of likely N-dealkylation sites (tertiary alicyclic amines) is 1. The summed E-state index contributed by atoms with van der Waals surface area (Å²) >= 11 is 12.3. The van der Waals surface area contributed by atoms with Gasteiger partial charge in [-0.05, 0) is 86.3 Å². The number of anilines is 2. The van der Waals surface area contributed by atoms with Gasteiger partial charge in [-0.25, -0.2) is 0 Å². The van der Waals surface area contributed by atoms with Crippen LogP contribution in [0.4, 0.5) is 11.4 Å². The fraction of sp³-hybridized carbons (Fsp3) is 0.250. The molecule has 6 nitrogen and oxygen atoms in total. The Hall–Kier alpha value is -2.90. The molecule has 192 valence electrons. The van der Waals surface area contributed by atoms with E-state index in [0.717, 1.165) is 59.3 Å². The monoisotopic (exact) mass is 556 g/mol. The molecule has 0 bridgehead atoms. The van der Waals surface area contributed by atoms with Crippen LogP contribution in [0.15, 0.2) is 55.0 Å². The second kappa shape index (κ2) is 11.7. The second-order valence-corrected chi connectivity index (χ2v) is 9.94. The van der Waals surface area contributed by atoms with Crippen molar-refractivity contribution in [2.24, 2.45) is 0 Å². The van der Waals surface area contributed by atoms with E-state index >= 15 is 0 Å². The molecule has 0 aliphatic carbocycles. The van der Waals surface area contributed by atoms with Crippen LogP contribution in [0.25, 0.3) is 22.0 Å². The first-order chi connectivity index (χ1) is 17.4. The number of aromatic nitrogens is 2. The topological polar surface area (TPSA) is 78.3 Å². The number of halogens is 3. The van der Waals surface area contributed by atoms with Gasteiger partial charge in [0.1, 0.15) is 0 Å². The number of hydrogen-bond acceptors (Lipinski definition) is 6. The molecule has 9 heteroatoms. The van der Waals surface area contributed by atoms with Crippen molar-refractivity contribution in [2.75, 3.05) is 25.0 Å². The number of carbonyl (C=O) groups excluding carboxylic acids is 1. The summed E-state index contributed by atoms with van der Waals surface area (Å²) in [6.45, 7) is 4.87. The fourth-order valence-corrected chi connectivity index (χ4v) is 5.12. The minimum absolute atomic E-state index is 0. The van der Waals surface area contributed by atoms with E-state index in [1.54, 1.807) is 24.5 Å². The summed E-state index contributed by atoms with van der Waals surface area (Å²) in [7, 11) is 0. The molecule has 0 amide bonds. The predicted octanol–water partition coefficient (Wildman–Crippen LogP) is 7.32. The molecule has 1 fully saturated rings. The van der Waals surface area contributed by atoms with E-state index in [0.29, 0.717) is 11.3 Å². The summed E-state index contributed by atoms with van der Waals surface area (Å²) in [5, 5.41) is 14.5. The Morgan fingerprint density at radius 2 is 1.76 bits per heavy atom. The van der Waals surface area contributed by atoms with Gasteiger partial charge >= 0.3 is 0 Å². The molecule has 2 aromatic heterocycles. The summed E-state index contributed by atoms with van der Waals surface area (Å²) < 4.78 is 0. The van der Waals surface area contributed by atoms with Gasteiger partial charge in [0.15, 0.2) is 11.5 Å². The van der Waals surface area contributed by atoms with Crippen LogP contribution in [0.2, 0.25) is 10.0 Å². The Balaban J connectivity index is 0.00000320. The van der Waals surface area contributed by atoms with Crippen molar-refractivity contribution in [3.63, 3.8) is 0 Å². The maximum atomic E-state index is 12.5. The van der Waals surface area contributed by atoms with Gasteiger partial charge in [-0.2, -0.15) is 0 Å². The number of rotatable bonds is 7. The van der Waals surface area contributed by atoms with Gasteiger partial charge in [-0.15, -0.1) is 12.4 Å². The van der Waals surface area contributed by atoms with E-state index in [9.17, 15) is 9.90 Å². The minimum atomic E-state index is -0.150. The Labute approximate surface area is 232 Å². The number of ketones is 1. The lowest BCUT2D eigenvalue weighted by Crippen LogP contribution is -2.21. The van der Waals surface area contributed by atoms with Gasteiger partial charge in [-0.1, -0.05) is 29.3 Å². The summed E-state index contributed by atoms with van der Waals surface area (Å²) in [4.78, 5) is 24.0. The first-order valence-corrected chi connectivity index (χ1v) is 12.7. The normalized spacial score (nSPS) is 13.5. The molecule has 0 atom stereocenters. The number of nitrogens with zero attached hydrogens (tertiary/aromatic N) is 3. The molecule has 37 heavy (non-hydrogen) atoms. The highest BCUT2D eigenvalue weighted by molar-refractivity contribution is 6.37. The summed E-state index contributed by atoms with van der Waals surface area (Å²) in [5.74, 6) is -0.242. The number of nitrogens with one attached hydrogen (secondary N) is 1. The predicted molar refractivity (Wildman–Crippen MR) is 153 cm³/mol. The fourth-order valence-electron chi connectivity index (χ4n) is 4.64. The number of pyridine rings is 2. The Morgan fingerprint density at radius 3 is 2.46 bits per heavy atom. The van der Waals surface area contributed by atoms with Crippen molar-refractivity contribution in [2.45, 2.75) is 26.2 Å². The van der Waals surface area contributed by atoms with Crippen molar-refractivity contribution in [3.8, 4) is 16.9 Å². The SMILES string of the molecule is CC(=O)c1cnc2ccc(-c3cc(Cl)c(O)c(Cl)c3)cc2c1Nc1cncc(CCN2CCCC2)c1.Cl. The number of benzene rings is 2. The van der Waals surface area contributed by atoms with E-state index in [4.69, 9.17) is 23.2 Å². The van der Waals surface area contributed by atoms with Gasteiger partial charge in [0.2, 0.25) is 0 Å². The van der Waals surface area contributed by atoms with Crippen molar-refractivity contribution in [1.29, 1.82) is 0 Å². The number of Topliss-reactive ketones (excluding diaryl/α,β-unsaturated/α-hetero) is 1. The number of phenolic OH excluding ortho intramolecular Hbond substituents is 1. The molecule has 2 aromatic carbocycles. The largest absolute Gasteiger partial charge is 0.505 e. The number of carbonyl (C=O) groups is 1. The standard InChI is InChI=1S/C28H26Cl2N4O2.ClH/c1-17(35)23-16-32-26-5-4-19(20-12-24(29)28(36)25(30)13-20)11-22(26)27(23)33-21-10-18(14-31-15-21)6-9-34-7-2-3-8-34;/h4-5,10-16,36H,2-3,6-9H2,1H3,(H,32,33);1H. The molecule has 1 aliphatic rings. The average molecular weight is 558 g/mol. The molecule has 0 saturated carbocycles. The first-order valence-electron chi connectivity index (χ1n) is 11.9. The highest BCUT2D eigenvalue weighted by Gasteiger charge is 2.16. The minimum Gasteiger partial charge on any atom is -0.505 e. The number of phenols is 1. The van der Waals surface area contributed by atoms with Crippen molar-refractivity contribution in [1.82, 2.24) is 14.9 Å². The second-order valence-electron chi connectivity index (χ2n) is 9.13. The van der Waals surface area contributed by atoms with Crippen molar-refractivity contribution < 1.29 is 9.90 Å². The highest BCUT2D eigenvalue weighted by Crippen LogP contribution is 2.38. The molecular weight excluding hydrogens is 531 g/mol. The first kappa shape index (κ1) is 27.1. The van der Waals surface area contributed by atoms with Gasteiger partial charge in [-0.3, -0.25) is 14.8 Å². The quantitative estimate of drug-likeness (QED) is 0.232. The third-order valence-corrected chi connectivity index (χ3v) is 7.15. The van der Waals surface area contributed by atoms with Crippen molar-refractivity contribution >= 4 is 63.7 Å². The molecule has 0 spiro atoms. The van der Waals surface area contributed by atoms with Crippen LogP contribution >= 0.6 is 35.6 Å². The number of fused-ring (bicyclic) bond motifs is 1. The van der Waals surface area contributed by atoms with E-state index < -0.39 is 0 Å². The Kier molecular flexibility index (Phi) is 8.55. The lowest BCUT2D eigenvalue weighted by Gasteiger charge is -2.16. The Bertz CT molecular complexity index is 1430. The molecule has 4 aromatic rings. The molecule has 3 heterocycles. The molecule has 0 radical (unpaired) electrons. The third-order valence-electron chi connectivity index (χ3n) is 6.58. The molecule has 0 unspecified atom stereocenters. The molecule has 1 saturated heterocycles. The van der Waals surface area contributed by atoms with Crippen LogP contribution < -0.4 is 5.32 Å². The van der Waals surface area contributed by atoms with E-state index in [-0.39, 0.29) is 34.0 Å².